The van der Waals surface area contributed by atoms with Gasteiger partial charge in [0.05, 0.1) is 16.6 Å². The zero-order valence-electron chi connectivity index (χ0n) is 17.3. The average molecular weight is 443 g/mol. The fourth-order valence-electron chi connectivity index (χ4n) is 3.97. The molecule has 0 radical (unpaired) electrons. The second kappa shape index (κ2) is 7.93. The van der Waals surface area contributed by atoms with Crippen LogP contribution < -0.4 is 0 Å². The molecule has 0 bridgehead atoms. The van der Waals surface area contributed by atoms with Crippen LogP contribution in [0, 0.1) is 6.92 Å². The summed E-state index contributed by atoms with van der Waals surface area (Å²) < 4.78 is 1.90. The number of aryl methyl sites for hydroxylation is 1. The van der Waals surface area contributed by atoms with Crippen molar-refractivity contribution in [2.24, 2.45) is 0 Å². The summed E-state index contributed by atoms with van der Waals surface area (Å²) in [4.78, 5) is 17.5. The Bertz CT molecular complexity index is 1460. The standard InChI is InChI=1S/C23H18N6O2S/c1-13-24-19-9-5-8-18(23(30)31)21(19)29(13)14-10-11-16(20(12-14)32-2)15-6-3-4-7-17(15)22-25-27-28-26-22/h3-12H,1-2H3,(H,30,31)(H,25,26,27,28). The first kappa shape index (κ1) is 20.0. The minimum atomic E-state index is -0.979. The molecule has 2 aromatic heterocycles. The van der Waals surface area contributed by atoms with Gasteiger partial charge in [0.25, 0.3) is 0 Å². The molecule has 0 saturated heterocycles. The van der Waals surface area contributed by atoms with E-state index < -0.39 is 5.97 Å². The summed E-state index contributed by atoms with van der Waals surface area (Å²) in [5.74, 6) is 0.342. The molecule has 0 aliphatic rings. The van der Waals surface area contributed by atoms with Gasteiger partial charge in [-0.2, -0.15) is 0 Å². The van der Waals surface area contributed by atoms with Crippen LogP contribution in [0.1, 0.15) is 16.2 Å². The maximum atomic E-state index is 11.9. The van der Waals surface area contributed by atoms with E-state index in [0.29, 0.717) is 16.9 Å². The highest BCUT2D eigenvalue weighted by molar-refractivity contribution is 7.98. The van der Waals surface area contributed by atoms with Gasteiger partial charge in [0.1, 0.15) is 5.82 Å². The average Bonchev–Trinajstić information content (AvgIpc) is 3.45. The van der Waals surface area contributed by atoms with E-state index >= 15 is 0 Å². The summed E-state index contributed by atoms with van der Waals surface area (Å²) in [6.45, 7) is 1.88. The lowest BCUT2D eigenvalue weighted by atomic mass is 9.99. The SMILES string of the molecule is CSc1cc(-n2c(C)nc3cccc(C(=O)O)c32)ccc1-c1ccccc1-c1nnn[nH]1. The molecule has 3 aromatic carbocycles. The molecule has 0 amide bonds. The number of imidazole rings is 1. The predicted octanol–water partition coefficient (Wildman–Crippen LogP) is 4.60. The first-order valence-electron chi connectivity index (χ1n) is 9.81. The molecule has 5 rings (SSSR count). The van der Waals surface area contributed by atoms with Gasteiger partial charge < -0.3 is 5.11 Å². The number of aromatic carboxylic acids is 1. The van der Waals surface area contributed by atoms with E-state index in [9.17, 15) is 9.90 Å². The number of carboxylic acids is 1. The number of nitrogens with zero attached hydrogens (tertiary/aromatic N) is 5. The highest BCUT2D eigenvalue weighted by atomic mass is 32.2. The molecule has 0 fully saturated rings. The largest absolute Gasteiger partial charge is 0.478 e. The number of thioether (sulfide) groups is 1. The molecule has 9 heteroatoms. The Morgan fingerprint density at radius 3 is 2.56 bits per heavy atom. The van der Waals surface area contributed by atoms with Crippen LogP contribution in [-0.2, 0) is 0 Å². The normalized spacial score (nSPS) is 11.2. The topological polar surface area (TPSA) is 110 Å². The Hall–Kier alpha value is -3.98. The highest BCUT2D eigenvalue weighted by Crippen LogP contribution is 2.37. The lowest BCUT2D eigenvalue weighted by Gasteiger charge is -2.15. The number of para-hydroxylation sites is 1. The fourth-order valence-corrected chi connectivity index (χ4v) is 4.61. The van der Waals surface area contributed by atoms with Crippen LogP contribution in [0.15, 0.2) is 65.6 Å². The van der Waals surface area contributed by atoms with Crippen molar-refractivity contribution in [2.45, 2.75) is 11.8 Å². The molecule has 2 heterocycles. The lowest BCUT2D eigenvalue weighted by molar-refractivity contribution is 0.0698. The van der Waals surface area contributed by atoms with Crippen molar-refractivity contribution in [1.82, 2.24) is 30.2 Å². The second-order valence-corrected chi connectivity index (χ2v) is 8.00. The van der Waals surface area contributed by atoms with Crippen molar-refractivity contribution in [3.05, 3.63) is 72.1 Å². The maximum absolute atomic E-state index is 11.9. The van der Waals surface area contributed by atoms with Gasteiger partial charge in [0, 0.05) is 16.1 Å². The van der Waals surface area contributed by atoms with Crippen molar-refractivity contribution in [1.29, 1.82) is 0 Å². The zero-order valence-corrected chi connectivity index (χ0v) is 18.1. The number of rotatable bonds is 5. The summed E-state index contributed by atoms with van der Waals surface area (Å²) >= 11 is 1.62. The number of fused-ring (bicyclic) bond motifs is 1. The van der Waals surface area contributed by atoms with Gasteiger partial charge in [-0.3, -0.25) is 4.57 Å². The van der Waals surface area contributed by atoms with Gasteiger partial charge >= 0.3 is 5.97 Å². The zero-order chi connectivity index (χ0) is 22.2. The van der Waals surface area contributed by atoms with Crippen molar-refractivity contribution < 1.29 is 9.90 Å². The first-order chi connectivity index (χ1) is 15.6. The number of benzene rings is 3. The molecule has 0 aliphatic carbocycles. The Kier molecular flexibility index (Phi) is 4.95. The highest BCUT2D eigenvalue weighted by Gasteiger charge is 2.19. The number of carboxylic acid groups (broad SMARTS) is 1. The monoisotopic (exact) mass is 442 g/mol. The fraction of sp³-hybridized carbons (Fsp3) is 0.0870. The minimum Gasteiger partial charge on any atom is -0.478 e. The number of aromatic nitrogens is 6. The van der Waals surface area contributed by atoms with Gasteiger partial charge in [0.15, 0.2) is 5.82 Å². The van der Waals surface area contributed by atoms with Crippen LogP contribution in [0.4, 0.5) is 0 Å². The second-order valence-electron chi connectivity index (χ2n) is 7.15. The summed E-state index contributed by atoms with van der Waals surface area (Å²) in [5, 5.41) is 24.0. The molecule has 8 nitrogen and oxygen atoms in total. The van der Waals surface area contributed by atoms with E-state index in [1.165, 1.54) is 0 Å². The number of carbonyl (C=O) groups is 1. The van der Waals surface area contributed by atoms with E-state index in [1.807, 2.05) is 60.2 Å². The van der Waals surface area contributed by atoms with E-state index in [-0.39, 0.29) is 5.56 Å². The maximum Gasteiger partial charge on any atom is 0.337 e. The van der Waals surface area contributed by atoms with Crippen molar-refractivity contribution in [3.63, 3.8) is 0 Å². The van der Waals surface area contributed by atoms with Crippen molar-refractivity contribution >= 4 is 28.8 Å². The van der Waals surface area contributed by atoms with E-state index in [1.54, 1.807) is 23.9 Å². The number of tetrazole rings is 1. The number of nitrogens with one attached hydrogen (secondary N) is 1. The summed E-state index contributed by atoms with van der Waals surface area (Å²) in [6.07, 6.45) is 2.02. The molecule has 2 N–H and O–H groups in total. The molecular weight excluding hydrogens is 424 g/mol. The molecule has 0 unspecified atom stereocenters. The molecule has 0 spiro atoms. The van der Waals surface area contributed by atoms with E-state index in [0.717, 1.165) is 33.1 Å². The van der Waals surface area contributed by atoms with Crippen molar-refractivity contribution in [3.8, 4) is 28.2 Å². The van der Waals surface area contributed by atoms with Crippen LogP contribution in [-0.4, -0.2) is 47.5 Å². The van der Waals surface area contributed by atoms with Crippen LogP contribution in [0.3, 0.4) is 0 Å². The van der Waals surface area contributed by atoms with E-state index in [2.05, 4.69) is 31.7 Å². The first-order valence-corrected chi connectivity index (χ1v) is 11.0. The number of hydrogen-bond acceptors (Lipinski definition) is 6. The minimum absolute atomic E-state index is 0.223. The van der Waals surface area contributed by atoms with E-state index in [4.69, 9.17) is 0 Å². The third-order valence-corrected chi connectivity index (χ3v) is 6.11. The molecule has 0 atom stereocenters. The van der Waals surface area contributed by atoms with Gasteiger partial charge in [-0.1, -0.05) is 36.4 Å². The molecule has 0 saturated carbocycles. The molecular formula is C23H18N6O2S. The Morgan fingerprint density at radius 2 is 1.84 bits per heavy atom. The van der Waals surface area contributed by atoms with Gasteiger partial charge in [0.2, 0.25) is 0 Å². The molecule has 158 valence electrons. The predicted molar refractivity (Wildman–Crippen MR) is 123 cm³/mol. The quantitative estimate of drug-likeness (QED) is 0.383. The Balaban J connectivity index is 1.71. The van der Waals surface area contributed by atoms with Gasteiger partial charge in [-0.25, -0.2) is 14.9 Å². The Morgan fingerprint density at radius 1 is 1.03 bits per heavy atom. The molecule has 32 heavy (non-hydrogen) atoms. The van der Waals surface area contributed by atoms with Crippen LogP contribution >= 0.6 is 11.8 Å². The van der Waals surface area contributed by atoms with Gasteiger partial charge in [-0.05, 0) is 59.0 Å². The third-order valence-electron chi connectivity index (χ3n) is 5.34. The smallest absolute Gasteiger partial charge is 0.337 e. The number of aromatic amines is 1. The van der Waals surface area contributed by atoms with Crippen molar-refractivity contribution in [2.75, 3.05) is 6.26 Å². The van der Waals surface area contributed by atoms with Gasteiger partial charge in [-0.15, -0.1) is 16.9 Å². The third kappa shape index (κ3) is 3.23. The molecule has 0 aliphatic heterocycles. The summed E-state index contributed by atoms with van der Waals surface area (Å²) in [5.41, 5.74) is 5.25. The summed E-state index contributed by atoms with van der Waals surface area (Å²) in [7, 11) is 0. The molecule has 5 aromatic rings. The summed E-state index contributed by atoms with van der Waals surface area (Å²) in [6, 6.07) is 19.2. The van der Waals surface area contributed by atoms with Crippen LogP contribution in [0.25, 0.3) is 39.2 Å². The number of hydrogen-bond donors (Lipinski definition) is 2. The number of H-pyrrole nitrogens is 1. The van der Waals surface area contributed by atoms with Crippen LogP contribution in [0.5, 0.6) is 0 Å². The van der Waals surface area contributed by atoms with Crippen LogP contribution in [0.2, 0.25) is 0 Å². The Labute approximate surface area is 187 Å². The lowest BCUT2D eigenvalue weighted by Crippen LogP contribution is -2.04.